The number of carbonyl (C=O) groups is 1. The highest BCUT2D eigenvalue weighted by atomic mass is 32.2. The summed E-state index contributed by atoms with van der Waals surface area (Å²) in [6.45, 7) is 2.16. The Bertz CT molecular complexity index is 893. The van der Waals surface area contributed by atoms with Crippen molar-refractivity contribution in [1.82, 2.24) is 9.79 Å². The van der Waals surface area contributed by atoms with E-state index in [1.54, 1.807) is 6.08 Å². The molecular formula is C19H22N2O4S. The van der Waals surface area contributed by atoms with E-state index in [4.69, 9.17) is 5.21 Å². The second kappa shape index (κ2) is 8.75. The lowest BCUT2D eigenvalue weighted by atomic mass is 9.98. The fourth-order valence-corrected chi connectivity index (χ4v) is 3.42. The Morgan fingerprint density at radius 2 is 1.88 bits per heavy atom. The summed E-state index contributed by atoms with van der Waals surface area (Å²) >= 11 is 0. The van der Waals surface area contributed by atoms with Crippen LogP contribution in [-0.2, 0) is 14.8 Å². The van der Waals surface area contributed by atoms with Crippen molar-refractivity contribution in [3.8, 4) is 11.1 Å². The standard InChI is InChI=1S/C19H22N2O4S/c1-15-13-16(10-11-18(15)17-8-4-3-5-9-17)7-6-12-21(2)26(24,25)14-19(22)20-23/h3-11,13,23H,12,14H2,1-2H3,(H,20,22). The van der Waals surface area contributed by atoms with Gasteiger partial charge in [-0.3, -0.25) is 10.0 Å². The smallest absolute Gasteiger partial charge is 0.259 e. The molecule has 2 rings (SSSR count). The van der Waals surface area contributed by atoms with Crippen molar-refractivity contribution in [3.05, 3.63) is 65.7 Å². The summed E-state index contributed by atoms with van der Waals surface area (Å²) in [4.78, 5) is 11.0. The van der Waals surface area contributed by atoms with E-state index >= 15 is 0 Å². The van der Waals surface area contributed by atoms with Crippen molar-refractivity contribution in [1.29, 1.82) is 0 Å². The predicted octanol–water partition coefficient (Wildman–Crippen LogP) is 2.44. The Labute approximate surface area is 153 Å². The van der Waals surface area contributed by atoms with Gasteiger partial charge in [0.1, 0.15) is 5.75 Å². The lowest BCUT2D eigenvalue weighted by Gasteiger charge is -2.14. The third kappa shape index (κ3) is 5.26. The summed E-state index contributed by atoms with van der Waals surface area (Å²) in [7, 11) is -2.38. The van der Waals surface area contributed by atoms with E-state index in [-0.39, 0.29) is 6.54 Å². The highest BCUT2D eigenvalue weighted by Gasteiger charge is 2.20. The molecule has 0 heterocycles. The van der Waals surface area contributed by atoms with E-state index in [1.807, 2.05) is 49.4 Å². The Hall–Kier alpha value is -2.48. The van der Waals surface area contributed by atoms with Gasteiger partial charge in [0, 0.05) is 13.6 Å². The van der Waals surface area contributed by atoms with Gasteiger partial charge in [0.25, 0.3) is 5.91 Å². The molecule has 0 saturated heterocycles. The van der Waals surface area contributed by atoms with Gasteiger partial charge < -0.3 is 0 Å². The summed E-state index contributed by atoms with van der Waals surface area (Å²) in [5.41, 5.74) is 5.70. The monoisotopic (exact) mass is 374 g/mol. The zero-order chi connectivity index (χ0) is 19.2. The lowest BCUT2D eigenvalue weighted by Crippen LogP contribution is -2.36. The summed E-state index contributed by atoms with van der Waals surface area (Å²) < 4.78 is 24.9. The highest BCUT2D eigenvalue weighted by Crippen LogP contribution is 2.24. The Balaban J connectivity index is 2.05. The van der Waals surface area contributed by atoms with E-state index in [0.717, 1.165) is 26.6 Å². The molecule has 0 saturated carbocycles. The fraction of sp³-hybridized carbons (Fsp3) is 0.211. The maximum absolute atomic E-state index is 11.9. The van der Waals surface area contributed by atoms with E-state index in [1.165, 1.54) is 12.5 Å². The minimum atomic E-state index is -3.77. The maximum Gasteiger partial charge on any atom is 0.259 e. The molecule has 6 nitrogen and oxygen atoms in total. The molecule has 138 valence electrons. The van der Waals surface area contributed by atoms with Crippen LogP contribution in [0.2, 0.25) is 0 Å². The molecule has 7 heteroatoms. The number of hydrogen-bond acceptors (Lipinski definition) is 4. The first-order valence-electron chi connectivity index (χ1n) is 8.03. The zero-order valence-electron chi connectivity index (χ0n) is 14.7. The molecule has 2 aromatic carbocycles. The molecule has 0 aliphatic rings. The number of carbonyl (C=O) groups excluding carboxylic acids is 1. The number of benzene rings is 2. The van der Waals surface area contributed by atoms with Crippen molar-refractivity contribution in [2.75, 3.05) is 19.3 Å². The average molecular weight is 374 g/mol. The molecular weight excluding hydrogens is 352 g/mol. The van der Waals surface area contributed by atoms with E-state index < -0.39 is 21.7 Å². The average Bonchev–Trinajstić information content (AvgIpc) is 2.62. The van der Waals surface area contributed by atoms with Gasteiger partial charge in [-0.05, 0) is 29.2 Å². The molecule has 26 heavy (non-hydrogen) atoms. The second-order valence-electron chi connectivity index (χ2n) is 5.91. The predicted molar refractivity (Wildman–Crippen MR) is 102 cm³/mol. The molecule has 0 spiro atoms. The van der Waals surface area contributed by atoms with Crippen LogP contribution < -0.4 is 5.48 Å². The summed E-state index contributed by atoms with van der Waals surface area (Å²) in [5, 5.41) is 8.44. The third-order valence-corrected chi connectivity index (χ3v) is 5.65. The van der Waals surface area contributed by atoms with Crippen LogP contribution in [0.1, 0.15) is 11.1 Å². The largest absolute Gasteiger partial charge is 0.289 e. The SMILES string of the molecule is Cc1cc(C=CCN(C)S(=O)(=O)CC(=O)NO)ccc1-c1ccccc1. The van der Waals surface area contributed by atoms with Gasteiger partial charge >= 0.3 is 0 Å². The van der Waals surface area contributed by atoms with Crippen LogP contribution in [0, 0.1) is 6.92 Å². The molecule has 0 aliphatic carbocycles. The molecule has 2 N–H and O–H groups in total. The van der Waals surface area contributed by atoms with E-state index in [9.17, 15) is 13.2 Å². The fourth-order valence-electron chi connectivity index (χ4n) is 2.49. The lowest BCUT2D eigenvalue weighted by molar-refractivity contribution is -0.126. The molecule has 0 radical (unpaired) electrons. The van der Waals surface area contributed by atoms with Gasteiger partial charge in [0.05, 0.1) is 0 Å². The van der Waals surface area contributed by atoms with Crippen LogP contribution in [0.5, 0.6) is 0 Å². The normalized spacial score (nSPS) is 11.8. The Kier molecular flexibility index (Phi) is 6.68. The minimum absolute atomic E-state index is 0.126. The molecule has 1 amide bonds. The number of sulfonamides is 1. The van der Waals surface area contributed by atoms with Crippen LogP contribution >= 0.6 is 0 Å². The number of hydroxylamine groups is 1. The van der Waals surface area contributed by atoms with Crippen LogP contribution in [0.3, 0.4) is 0 Å². The first kappa shape index (κ1) is 19.8. The van der Waals surface area contributed by atoms with Crippen LogP contribution in [0.4, 0.5) is 0 Å². The van der Waals surface area contributed by atoms with Crippen LogP contribution in [0.25, 0.3) is 17.2 Å². The molecule has 0 aliphatic heterocycles. The van der Waals surface area contributed by atoms with Crippen molar-refractivity contribution < 1.29 is 18.4 Å². The number of nitrogens with one attached hydrogen (secondary N) is 1. The topological polar surface area (TPSA) is 86.7 Å². The molecule has 0 unspecified atom stereocenters. The molecule has 2 aromatic rings. The Morgan fingerprint density at radius 3 is 2.50 bits per heavy atom. The third-order valence-electron chi connectivity index (χ3n) is 3.92. The van der Waals surface area contributed by atoms with Crippen molar-refractivity contribution in [3.63, 3.8) is 0 Å². The molecule has 0 aromatic heterocycles. The Morgan fingerprint density at radius 1 is 1.19 bits per heavy atom. The first-order valence-corrected chi connectivity index (χ1v) is 9.64. The van der Waals surface area contributed by atoms with Gasteiger partial charge in [-0.15, -0.1) is 0 Å². The molecule has 0 atom stereocenters. The van der Waals surface area contributed by atoms with E-state index in [2.05, 4.69) is 12.1 Å². The summed E-state index contributed by atoms with van der Waals surface area (Å²) in [6.07, 6.45) is 3.55. The van der Waals surface area contributed by atoms with Crippen molar-refractivity contribution in [2.45, 2.75) is 6.92 Å². The number of amides is 1. The number of nitrogens with zero attached hydrogens (tertiary/aromatic N) is 1. The van der Waals surface area contributed by atoms with Gasteiger partial charge in [0.15, 0.2) is 0 Å². The number of likely N-dealkylation sites (N-methyl/N-ethyl adjacent to an activating group) is 1. The quantitative estimate of drug-likeness (QED) is 0.576. The van der Waals surface area contributed by atoms with Crippen LogP contribution in [-0.4, -0.2) is 43.2 Å². The number of hydrogen-bond donors (Lipinski definition) is 2. The maximum atomic E-state index is 11.9. The number of rotatable bonds is 7. The van der Waals surface area contributed by atoms with Gasteiger partial charge in [-0.25, -0.2) is 18.2 Å². The van der Waals surface area contributed by atoms with Gasteiger partial charge in [-0.1, -0.05) is 60.7 Å². The zero-order valence-corrected chi connectivity index (χ0v) is 15.5. The summed E-state index contributed by atoms with van der Waals surface area (Å²) in [5.74, 6) is -1.76. The first-order chi connectivity index (χ1) is 12.3. The van der Waals surface area contributed by atoms with Gasteiger partial charge in [-0.2, -0.15) is 0 Å². The minimum Gasteiger partial charge on any atom is -0.289 e. The highest BCUT2D eigenvalue weighted by molar-refractivity contribution is 7.89. The number of aryl methyl sites for hydroxylation is 1. The molecule has 0 fully saturated rings. The van der Waals surface area contributed by atoms with Gasteiger partial charge in [0.2, 0.25) is 10.0 Å². The summed E-state index contributed by atoms with van der Waals surface area (Å²) in [6, 6.07) is 16.1. The van der Waals surface area contributed by atoms with Crippen LogP contribution in [0.15, 0.2) is 54.6 Å². The van der Waals surface area contributed by atoms with Crippen molar-refractivity contribution >= 4 is 22.0 Å². The second-order valence-corrected chi connectivity index (χ2v) is 7.99. The molecule has 0 bridgehead atoms. The van der Waals surface area contributed by atoms with E-state index in [0.29, 0.717) is 0 Å². The van der Waals surface area contributed by atoms with Crippen molar-refractivity contribution in [2.24, 2.45) is 0 Å².